The second kappa shape index (κ2) is 4.06. The van der Waals surface area contributed by atoms with Crippen LogP contribution < -0.4 is 0 Å². The molecular formula is C14H13N3. The molecule has 1 aromatic heterocycles. The molecule has 1 heterocycles. The molecular weight excluding hydrogens is 210 g/mol. The predicted molar refractivity (Wildman–Crippen MR) is 64.2 cm³/mol. The first-order valence-electron chi connectivity index (χ1n) is 5.84. The third-order valence-electron chi connectivity index (χ3n) is 3.33. The molecule has 0 bridgehead atoms. The highest BCUT2D eigenvalue weighted by atomic mass is 15.3. The van der Waals surface area contributed by atoms with Crippen molar-refractivity contribution >= 4 is 0 Å². The maximum atomic E-state index is 8.73. The van der Waals surface area contributed by atoms with Crippen LogP contribution in [0, 0.1) is 17.2 Å². The third-order valence-corrected chi connectivity index (χ3v) is 3.33. The van der Waals surface area contributed by atoms with Gasteiger partial charge < -0.3 is 0 Å². The molecule has 17 heavy (non-hydrogen) atoms. The SMILES string of the molecule is N#Cc1cnn(C[C@H]2C[C@H]2c2ccccc2)c1. The molecule has 3 nitrogen and oxygen atoms in total. The van der Waals surface area contributed by atoms with E-state index in [0.29, 0.717) is 17.4 Å². The first-order valence-corrected chi connectivity index (χ1v) is 5.84. The molecule has 0 saturated heterocycles. The molecule has 2 atom stereocenters. The maximum Gasteiger partial charge on any atom is 0.102 e. The van der Waals surface area contributed by atoms with Gasteiger partial charge in [0.1, 0.15) is 6.07 Å². The fourth-order valence-corrected chi connectivity index (χ4v) is 2.32. The molecule has 1 fully saturated rings. The van der Waals surface area contributed by atoms with Crippen LogP contribution in [0.3, 0.4) is 0 Å². The summed E-state index contributed by atoms with van der Waals surface area (Å²) in [6.07, 6.45) is 4.67. The summed E-state index contributed by atoms with van der Waals surface area (Å²) in [5.41, 5.74) is 2.06. The normalized spacial score (nSPS) is 22.1. The van der Waals surface area contributed by atoms with E-state index in [1.165, 1.54) is 12.0 Å². The number of hydrogen-bond acceptors (Lipinski definition) is 2. The molecule has 0 radical (unpaired) electrons. The largest absolute Gasteiger partial charge is 0.271 e. The zero-order valence-electron chi connectivity index (χ0n) is 9.45. The quantitative estimate of drug-likeness (QED) is 0.802. The molecule has 0 aliphatic heterocycles. The molecule has 1 saturated carbocycles. The Kier molecular flexibility index (Phi) is 2.41. The Labute approximate surface area is 100 Å². The van der Waals surface area contributed by atoms with Gasteiger partial charge in [0.15, 0.2) is 0 Å². The monoisotopic (exact) mass is 223 g/mol. The number of nitriles is 1. The summed E-state index contributed by atoms with van der Waals surface area (Å²) in [5, 5.41) is 12.9. The van der Waals surface area contributed by atoms with Crippen LogP contribution in [0.4, 0.5) is 0 Å². The average molecular weight is 223 g/mol. The molecule has 3 rings (SSSR count). The summed E-state index contributed by atoms with van der Waals surface area (Å²) >= 11 is 0. The number of benzene rings is 1. The smallest absolute Gasteiger partial charge is 0.102 e. The highest BCUT2D eigenvalue weighted by Gasteiger charge is 2.38. The summed E-state index contributed by atoms with van der Waals surface area (Å²) < 4.78 is 1.88. The van der Waals surface area contributed by atoms with Gasteiger partial charge >= 0.3 is 0 Å². The van der Waals surface area contributed by atoms with E-state index in [9.17, 15) is 0 Å². The zero-order chi connectivity index (χ0) is 11.7. The van der Waals surface area contributed by atoms with Crippen molar-refractivity contribution in [1.29, 1.82) is 5.26 Å². The van der Waals surface area contributed by atoms with Crippen molar-refractivity contribution in [2.45, 2.75) is 18.9 Å². The van der Waals surface area contributed by atoms with Crippen molar-refractivity contribution in [2.75, 3.05) is 0 Å². The Morgan fingerprint density at radius 3 is 2.88 bits per heavy atom. The first-order chi connectivity index (χ1) is 8.36. The van der Waals surface area contributed by atoms with Crippen LogP contribution in [0.2, 0.25) is 0 Å². The number of nitrogens with zero attached hydrogens (tertiary/aromatic N) is 3. The predicted octanol–water partition coefficient (Wildman–Crippen LogP) is 2.56. The Morgan fingerprint density at radius 2 is 2.18 bits per heavy atom. The molecule has 0 N–H and O–H groups in total. The van der Waals surface area contributed by atoms with E-state index in [1.54, 1.807) is 6.20 Å². The van der Waals surface area contributed by atoms with Crippen molar-refractivity contribution in [3.63, 3.8) is 0 Å². The van der Waals surface area contributed by atoms with E-state index in [-0.39, 0.29) is 0 Å². The van der Waals surface area contributed by atoms with Gasteiger partial charge in [-0.2, -0.15) is 10.4 Å². The van der Waals surface area contributed by atoms with Crippen LogP contribution in [0.5, 0.6) is 0 Å². The zero-order valence-corrected chi connectivity index (χ0v) is 9.45. The third kappa shape index (κ3) is 2.07. The van der Waals surface area contributed by atoms with E-state index in [4.69, 9.17) is 5.26 Å². The minimum absolute atomic E-state index is 0.641. The van der Waals surface area contributed by atoms with Gasteiger partial charge in [-0.05, 0) is 23.8 Å². The fraction of sp³-hybridized carbons (Fsp3) is 0.286. The highest BCUT2D eigenvalue weighted by Crippen LogP contribution is 2.48. The Morgan fingerprint density at radius 1 is 1.35 bits per heavy atom. The van der Waals surface area contributed by atoms with Crippen LogP contribution in [0.15, 0.2) is 42.7 Å². The van der Waals surface area contributed by atoms with Crippen LogP contribution in [0.1, 0.15) is 23.5 Å². The van der Waals surface area contributed by atoms with E-state index in [2.05, 4.69) is 35.4 Å². The number of aromatic nitrogens is 2. The molecule has 0 unspecified atom stereocenters. The van der Waals surface area contributed by atoms with E-state index in [0.717, 1.165) is 6.54 Å². The van der Waals surface area contributed by atoms with Gasteiger partial charge in [0.05, 0.1) is 11.8 Å². The van der Waals surface area contributed by atoms with Gasteiger partial charge in [-0.15, -0.1) is 0 Å². The summed E-state index contributed by atoms with van der Waals surface area (Å²) in [5.74, 6) is 1.34. The molecule has 2 aromatic rings. The summed E-state index contributed by atoms with van der Waals surface area (Å²) in [6, 6.07) is 12.7. The number of rotatable bonds is 3. The van der Waals surface area contributed by atoms with Crippen LogP contribution in [-0.4, -0.2) is 9.78 Å². The second-order valence-electron chi connectivity index (χ2n) is 4.58. The Bertz CT molecular complexity index is 550. The van der Waals surface area contributed by atoms with Gasteiger partial charge in [0.25, 0.3) is 0 Å². The Balaban J connectivity index is 1.65. The Hall–Kier alpha value is -2.08. The van der Waals surface area contributed by atoms with Crippen LogP contribution in [0.25, 0.3) is 0 Å². The van der Waals surface area contributed by atoms with Crippen molar-refractivity contribution in [2.24, 2.45) is 5.92 Å². The lowest BCUT2D eigenvalue weighted by Gasteiger charge is -2.01. The van der Waals surface area contributed by atoms with Gasteiger partial charge in [-0.25, -0.2) is 0 Å². The highest BCUT2D eigenvalue weighted by molar-refractivity contribution is 5.26. The molecule has 0 amide bonds. The van der Waals surface area contributed by atoms with Gasteiger partial charge in [0.2, 0.25) is 0 Å². The van der Waals surface area contributed by atoms with Gasteiger partial charge in [-0.3, -0.25) is 4.68 Å². The molecule has 1 aromatic carbocycles. The second-order valence-corrected chi connectivity index (χ2v) is 4.58. The van der Waals surface area contributed by atoms with Crippen molar-refractivity contribution in [1.82, 2.24) is 9.78 Å². The topological polar surface area (TPSA) is 41.6 Å². The van der Waals surface area contributed by atoms with Crippen molar-refractivity contribution < 1.29 is 0 Å². The summed E-state index contributed by atoms with van der Waals surface area (Å²) in [7, 11) is 0. The summed E-state index contributed by atoms with van der Waals surface area (Å²) in [4.78, 5) is 0. The lowest BCUT2D eigenvalue weighted by Crippen LogP contribution is -2.01. The molecule has 1 aliphatic carbocycles. The summed E-state index contributed by atoms with van der Waals surface area (Å²) in [6.45, 7) is 0.918. The van der Waals surface area contributed by atoms with Crippen molar-refractivity contribution in [3.05, 3.63) is 53.9 Å². The van der Waals surface area contributed by atoms with E-state index in [1.807, 2.05) is 16.9 Å². The minimum Gasteiger partial charge on any atom is -0.271 e. The first kappa shape index (κ1) is 10.1. The lowest BCUT2D eigenvalue weighted by molar-refractivity contribution is 0.553. The average Bonchev–Trinajstić information content (AvgIpc) is 2.98. The van der Waals surface area contributed by atoms with Crippen LogP contribution >= 0.6 is 0 Å². The standard InChI is InChI=1S/C14H13N3/c15-7-11-8-16-17(9-11)10-13-6-14(13)12-4-2-1-3-5-12/h1-5,8-9,13-14H,6,10H2/t13-,14+/m1/s1. The van der Waals surface area contributed by atoms with E-state index >= 15 is 0 Å². The lowest BCUT2D eigenvalue weighted by atomic mass is 10.1. The molecule has 1 aliphatic rings. The van der Waals surface area contributed by atoms with Crippen molar-refractivity contribution in [3.8, 4) is 6.07 Å². The number of hydrogen-bond donors (Lipinski definition) is 0. The van der Waals surface area contributed by atoms with Crippen LogP contribution in [-0.2, 0) is 6.54 Å². The minimum atomic E-state index is 0.641. The fourth-order valence-electron chi connectivity index (χ4n) is 2.32. The van der Waals surface area contributed by atoms with E-state index < -0.39 is 0 Å². The maximum absolute atomic E-state index is 8.73. The van der Waals surface area contributed by atoms with Gasteiger partial charge in [0, 0.05) is 12.7 Å². The molecule has 3 heteroatoms. The van der Waals surface area contributed by atoms with Gasteiger partial charge in [-0.1, -0.05) is 30.3 Å². The molecule has 84 valence electrons. The molecule has 0 spiro atoms.